The summed E-state index contributed by atoms with van der Waals surface area (Å²) in [6.45, 7) is 4.35. The van der Waals surface area contributed by atoms with Crippen molar-refractivity contribution in [2.75, 3.05) is 6.54 Å². The average Bonchev–Trinajstić information content (AvgIpc) is 2.04. The zero-order valence-electron chi connectivity index (χ0n) is 7.71. The summed E-state index contributed by atoms with van der Waals surface area (Å²) < 4.78 is 12.6. The van der Waals surface area contributed by atoms with E-state index >= 15 is 0 Å². The molecule has 2 nitrogen and oxygen atoms in total. The molecule has 70 valence electrons. The maximum atomic E-state index is 12.6. The number of aliphatic imine (C=N–C) groups is 1. The van der Waals surface area contributed by atoms with E-state index in [-0.39, 0.29) is 5.75 Å². The van der Waals surface area contributed by atoms with Gasteiger partial charge in [-0.1, -0.05) is 0 Å². The van der Waals surface area contributed by atoms with Crippen molar-refractivity contribution in [3.05, 3.63) is 29.6 Å². The van der Waals surface area contributed by atoms with Gasteiger partial charge in [0.1, 0.15) is 11.6 Å². The summed E-state index contributed by atoms with van der Waals surface area (Å²) in [6.07, 6.45) is 0. The lowest BCUT2D eigenvalue weighted by atomic mass is 10.1. The molecule has 0 bridgehead atoms. The fourth-order valence-electron chi connectivity index (χ4n) is 1.13. The smallest absolute Gasteiger partial charge is 0.127 e. The van der Waals surface area contributed by atoms with Gasteiger partial charge in [-0.3, -0.25) is 4.99 Å². The minimum Gasteiger partial charge on any atom is -0.507 e. The monoisotopic (exact) mass is 181 g/mol. The molecule has 0 unspecified atom stereocenters. The van der Waals surface area contributed by atoms with Gasteiger partial charge in [0, 0.05) is 23.9 Å². The Hall–Kier alpha value is -1.38. The molecular weight excluding hydrogens is 169 g/mol. The third kappa shape index (κ3) is 2.28. The minimum atomic E-state index is -0.439. The normalized spacial score (nSPS) is 11.8. The fourth-order valence-corrected chi connectivity index (χ4v) is 1.13. The molecule has 0 saturated heterocycles. The van der Waals surface area contributed by atoms with E-state index in [0.29, 0.717) is 12.1 Å². The van der Waals surface area contributed by atoms with E-state index in [9.17, 15) is 9.50 Å². The van der Waals surface area contributed by atoms with Crippen molar-refractivity contribution in [3.63, 3.8) is 0 Å². The van der Waals surface area contributed by atoms with E-state index in [1.807, 2.05) is 6.92 Å². The molecule has 0 aliphatic heterocycles. The standard InChI is InChI=1S/C10H12FNO/c1-3-12-7(2)9-5-4-8(11)6-10(9)13/h4-6,13H,3H2,1-2H3/b12-7+. The second-order valence-corrected chi connectivity index (χ2v) is 2.72. The SMILES string of the molecule is CC/N=C(\C)c1ccc(F)cc1O. The van der Waals surface area contributed by atoms with Crippen molar-refractivity contribution in [3.8, 4) is 5.75 Å². The molecule has 0 fully saturated rings. The molecule has 0 amide bonds. The molecule has 0 aliphatic rings. The number of phenolic OH excluding ortho intramolecular Hbond substituents is 1. The number of halogens is 1. The molecule has 1 N–H and O–H groups in total. The van der Waals surface area contributed by atoms with E-state index in [1.54, 1.807) is 6.92 Å². The van der Waals surface area contributed by atoms with Crippen molar-refractivity contribution < 1.29 is 9.50 Å². The first-order chi connectivity index (χ1) is 6.15. The molecular formula is C10H12FNO. The number of nitrogens with zero attached hydrogens (tertiary/aromatic N) is 1. The largest absolute Gasteiger partial charge is 0.507 e. The molecule has 0 aliphatic carbocycles. The lowest BCUT2D eigenvalue weighted by Crippen LogP contribution is -1.96. The fraction of sp³-hybridized carbons (Fsp3) is 0.300. The summed E-state index contributed by atoms with van der Waals surface area (Å²) in [5.41, 5.74) is 1.31. The molecule has 0 aromatic heterocycles. The Bertz CT molecular complexity index is 334. The molecule has 0 atom stereocenters. The number of hydrogen-bond acceptors (Lipinski definition) is 2. The first-order valence-electron chi connectivity index (χ1n) is 4.15. The highest BCUT2D eigenvalue weighted by Crippen LogP contribution is 2.18. The summed E-state index contributed by atoms with van der Waals surface area (Å²) in [5, 5.41) is 9.37. The van der Waals surface area contributed by atoms with E-state index in [1.165, 1.54) is 12.1 Å². The Kier molecular flexibility index (Phi) is 3.01. The van der Waals surface area contributed by atoms with Gasteiger partial charge in [-0.05, 0) is 26.0 Å². The lowest BCUT2D eigenvalue weighted by molar-refractivity contribution is 0.468. The number of benzene rings is 1. The average molecular weight is 181 g/mol. The molecule has 1 aromatic carbocycles. The molecule has 1 aromatic rings. The zero-order valence-corrected chi connectivity index (χ0v) is 7.71. The van der Waals surface area contributed by atoms with Crippen LogP contribution in [0.1, 0.15) is 19.4 Å². The molecule has 0 heterocycles. The van der Waals surface area contributed by atoms with Gasteiger partial charge in [0.15, 0.2) is 0 Å². The van der Waals surface area contributed by atoms with Crippen LogP contribution in [-0.2, 0) is 0 Å². The first kappa shape index (κ1) is 9.71. The predicted molar refractivity (Wildman–Crippen MR) is 50.8 cm³/mol. The van der Waals surface area contributed by atoms with Gasteiger partial charge in [-0.15, -0.1) is 0 Å². The van der Waals surface area contributed by atoms with Gasteiger partial charge in [-0.25, -0.2) is 4.39 Å². The van der Waals surface area contributed by atoms with Crippen molar-refractivity contribution in [1.29, 1.82) is 0 Å². The Morgan fingerprint density at radius 1 is 1.54 bits per heavy atom. The lowest BCUT2D eigenvalue weighted by Gasteiger charge is -2.03. The summed E-state index contributed by atoms with van der Waals surface area (Å²) in [6, 6.07) is 3.92. The van der Waals surface area contributed by atoms with Crippen LogP contribution >= 0.6 is 0 Å². The third-order valence-electron chi connectivity index (χ3n) is 1.74. The molecule has 0 radical (unpaired) electrons. The number of phenols is 1. The molecule has 0 saturated carbocycles. The minimum absolute atomic E-state index is 0.0605. The van der Waals surface area contributed by atoms with Crippen molar-refractivity contribution in [2.24, 2.45) is 4.99 Å². The third-order valence-corrected chi connectivity index (χ3v) is 1.74. The van der Waals surface area contributed by atoms with E-state index in [4.69, 9.17) is 0 Å². The quantitative estimate of drug-likeness (QED) is 0.698. The van der Waals surface area contributed by atoms with Crippen LogP contribution in [0.4, 0.5) is 4.39 Å². The highest BCUT2D eigenvalue weighted by Gasteiger charge is 2.04. The van der Waals surface area contributed by atoms with Gasteiger partial charge in [0.25, 0.3) is 0 Å². The van der Waals surface area contributed by atoms with Gasteiger partial charge in [0.05, 0.1) is 0 Å². The molecule has 3 heteroatoms. The Balaban J connectivity index is 3.09. The maximum Gasteiger partial charge on any atom is 0.127 e. The van der Waals surface area contributed by atoms with Crippen molar-refractivity contribution >= 4 is 5.71 Å². The van der Waals surface area contributed by atoms with Crippen LogP contribution < -0.4 is 0 Å². The van der Waals surface area contributed by atoms with Crippen molar-refractivity contribution in [1.82, 2.24) is 0 Å². The zero-order chi connectivity index (χ0) is 9.84. The van der Waals surface area contributed by atoms with Gasteiger partial charge in [-0.2, -0.15) is 0 Å². The van der Waals surface area contributed by atoms with Crippen LogP contribution in [0, 0.1) is 5.82 Å². The Morgan fingerprint density at radius 3 is 2.77 bits per heavy atom. The summed E-state index contributed by atoms with van der Waals surface area (Å²) in [7, 11) is 0. The van der Waals surface area contributed by atoms with Gasteiger partial charge in [0.2, 0.25) is 0 Å². The molecule has 0 spiro atoms. The number of aromatic hydroxyl groups is 1. The van der Waals surface area contributed by atoms with E-state index < -0.39 is 5.82 Å². The van der Waals surface area contributed by atoms with Crippen LogP contribution in [-0.4, -0.2) is 17.4 Å². The number of rotatable bonds is 2. The Morgan fingerprint density at radius 2 is 2.23 bits per heavy atom. The molecule has 13 heavy (non-hydrogen) atoms. The van der Waals surface area contributed by atoms with Gasteiger partial charge < -0.3 is 5.11 Å². The van der Waals surface area contributed by atoms with Crippen LogP contribution in [0.2, 0.25) is 0 Å². The van der Waals surface area contributed by atoms with Crippen LogP contribution in [0.5, 0.6) is 5.75 Å². The van der Waals surface area contributed by atoms with Crippen LogP contribution in [0.15, 0.2) is 23.2 Å². The summed E-state index contributed by atoms with van der Waals surface area (Å²) >= 11 is 0. The Labute approximate surface area is 76.7 Å². The maximum absolute atomic E-state index is 12.6. The number of hydrogen-bond donors (Lipinski definition) is 1. The van der Waals surface area contributed by atoms with Crippen LogP contribution in [0.25, 0.3) is 0 Å². The van der Waals surface area contributed by atoms with E-state index in [0.717, 1.165) is 11.8 Å². The van der Waals surface area contributed by atoms with Crippen LogP contribution in [0.3, 0.4) is 0 Å². The predicted octanol–water partition coefficient (Wildman–Crippen LogP) is 2.36. The topological polar surface area (TPSA) is 32.6 Å². The second-order valence-electron chi connectivity index (χ2n) is 2.72. The summed E-state index contributed by atoms with van der Waals surface area (Å²) in [4.78, 5) is 4.12. The highest BCUT2D eigenvalue weighted by molar-refractivity contribution is 6.00. The van der Waals surface area contributed by atoms with E-state index in [2.05, 4.69) is 4.99 Å². The van der Waals surface area contributed by atoms with Gasteiger partial charge >= 0.3 is 0 Å². The first-order valence-corrected chi connectivity index (χ1v) is 4.15. The summed E-state index contributed by atoms with van der Waals surface area (Å²) in [5.74, 6) is -0.500. The molecule has 1 rings (SSSR count). The van der Waals surface area contributed by atoms with Crippen molar-refractivity contribution in [2.45, 2.75) is 13.8 Å². The highest BCUT2D eigenvalue weighted by atomic mass is 19.1. The second kappa shape index (κ2) is 4.03.